The fraction of sp³-hybridized carbons (Fsp3) is 0.280. The molecule has 0 spiro atoms. The molecule has 0 N–H and O–H groups in total. The zero-order chi connectivity index (χ0) is 22.9. The number of aryl methyl sites for hydroxylation is 1. The number of hydrogen-bond donors (Lipinski definition) is 0. The van der Waals surface area contributed by atoms with Crippen molar-refractivity contribution in [3.8, 4) is 11.4 Å². The molecule has 0 aliphatic rings. The third-order valence-corrected chi connectivity index (χ3v) is 6.44. The van der Waals surface area contributed by atoms with Crippen molar-refractivity contribution in [1.29, 1.82) is 0 Å². The monoisotopic (exact) mass is 460 g/mol. The molecule has 7 nitrogen and oxygen atoms in total. The number of hydrogen-bond acceptors (Lipinski definition) is 7. The van der Waals surface area contributed by atoms with Gasteiger partial charge in [0.2, 0.25) is 17.3 Å². The maximum Gasteiger partial charge on any atom is 0.297 e. The standard InChI is InChI=1S/C25H24N4O3S/c1-15(2)12-13-29-24(30)22-21(18-6-4-5-7-19(18)31-22)27-25(29)33-14-20-26-23(28-32-20)17-10-8-16(3)9-11-17/h4-11,15H,12-14H2,1-3H3. The summed E-state index contributed by atoms with van der Waals surface area (Å²) in [5.74, 6) is 1.90. The highest BCUT2D eigenvalue weighted by Gasteiger charge is 2.19. The molecule has 33 heavy (non-hydrogen) atoms. The van der Waals surface area contributed by atoms with Crippen LogP contribution in [-0.4, -0.2) is 19.7 Å². The first-order valence-electron chi connectivity index (χ1n) is 10.9. The van der Waals surface area contributed by atoms with Crippen LogP contribution >= 0.6 is 11.8 Å². The van der Waals surface area contributed by atoms with E-state index in [4.69, 9.17) is 13.9 Å². The van der Waals surface area contributed by atoms with E-state index in [1.165, 1.54) is 17.3 Å². The molecule has 0 saturated carbocycles. The Morgan fingerprint density at radius 3 is 2.64 bits per heavy atom. The zero-order valence-electron chi connectivity index (χ0n) is 18.7. The van der Waals surface area contributed by atoms with Gasteiger partial charge in [0, 0.05) is 17.5 Å². The summed E-state index contributed by atoms with van der Waals surface area (Å²) in [6.07, 6.45) is 0.860. The van der Waals surface area contributed by atoms with Crippen molar-refractivity contribution < 1.29 is 8.94 Å². The second-order valence-corrected chi connectivity index (χ2v) is 9.42. The maximum atomic E-state index is 13.3. The molecule has 0 unspecified atom stereocenters. The van der Waals surface area contributed by atoms with Crippen molar-refractivity contribution in [2.45, 2.75) is 44.6 Å². The fourth-order valence-electron chi connectivity index (χ4n) is 3.61. The van der Waals surface area contributed by atoms with Crippen molar-refractivity contribution in [1.82, 2.24) is 19.7 Å². The van der Waals surface area contributed by atoms with Crippen LogP contribution in [0.5, 0.6) is 0 Å². The molecule has 0 bridgehead atoms. The Labute approximate surface area is 194 Å². The SMILES string of the molecule is Cc1ccc(-c2noc(CSc3nc4c(oc5ccccc54)c(=O)n3CCC(C)C)n2)cc1. The van der Waals surface area contributed by atoms with Gasteiger partial charge in [-0.05, 0) is 31.4 Å². The van der Waals surface area contributed by atoms with E-state index in [1.807, 2.05) is 55.5 Å². The highest BCUT2D eigenvalue weighted by molar-refractivity contribution is 7.98. The first-order valence-corrected chi connectivity index (χ1v) is 11.9. The minimum atomic E-state index is -0.162. The van der Waals surface area contributed by atoms with Crippen molar-refractivity contribution in [2.75, 3.05) is 0 Å². The van der Waals surface area contributed by atoms with Crippen LogP contribution in [0.15, 0.2) is 67.4 Å². The van der Waals surface area contributed by atoms with Gasteiger partial charge in [-0.2, -0.15) is 4.98 Å². The predicted octanol–water partition coefficient (Wildman–Crippen LogP) is 5.84. The molecule has 5 aromatic rings. The van der Waals surface area contributed by atoms with Gasteiger partial charge in [0.25, 0.3) is 5.56 Å². The average Bonchev–Trinajstić information content (AvgIpc) is 3.43. The van der Waals surface area contributed by atoms with E-state index in [-0.39, 0.29) is 5.56 Å². The first kappa shape index (κ1) is 21.5. The summed E-state index contributed by atoms with van der Waals surface area (Å²) in [7, 11) is 0. The van der Waals surface area contributed by atoms with Crippen LogP contribution in [0.4, 0.5) is 0 Å². The van der Waals surface area contributed by atoms with Gasteiger partial charge in [0.1, 0.15) is 11.1 Å². The smallest absolute Gasteiger partial charge is 0.297 e. The van der Waals surface area contributed by atoms with Crippen LogP contribution in [-0.2, 0) is 12.3 Å². The molecular weight excluding hydrogens is 436 g/mol. The van der Waals surface area contributed by atoms with Crippen LogP contribution in [0.3, 0.4) is 0 Å². The lowest BCUT2D eigenvalue weighted by Gasteiger charge is -2.12. The fourth-order valence-corrected chi connectivity index (χ4v) is 4.46. The summed E-state index contributed by atoms with van der Waals surface area (Å²) in [5.41, 5.74) is 3.46. The third kappa shape index (κ3) is 4.30. The van der Waals surface area contributed by atoms with Gasteiger partial charge < -0.3 is 8.94 Å². The number of benzene rings is 2. The molecule has 2 aromatic carbocycles. The molecule has 0 atom stereocenters. The summed E-state index contributed by atoms with van der Waals surface area (Å²) >= 11 is 1.42. The van der Waals surface area contributed by atoms with E-state index >= 15 is 0 Å². The van der Waals surface area contributed by atoms with Crippen molar-refractivity contribution in [3.05, 3.63) is 70.3 Å². The lowest BCUT2D eigenvalue weighted by atomic mass is 10.1. The summed E-state index contributed by atoms with van der Waals surface area (Å²) in [4.78, 5) is 22.7. The molecule has 0 aliphatic carbocycles. The molecule has 0 aliphatic heterocycles. The Morgan fingerprint density at radius 1 is 1.06 bits per heavy atom. The Balaban J connectivity index is 1.48. The van der Waals surface area contributed by atoms with Gasteiger partial charge in [-0.1, -0.05) is 72.7 Å². The molecule has 0 radical (unpaired) electrons. The van der Waals surface area contributed by atoms with Crippen molar-refractivity contribution in [2.24, 2.45) is 5.92 Å². The minimum Gasteiger partial charge on any atom is -0.448 e. The lowest BCUT2D eigenvalue weighted by molar-refractivity contribution is 0.391. The van der Waals surface area contributed by atoms with Crippen molar-refractivity contribution >= 4 is 33.8 Å². The largest absolute Gasteiger partial charge is 0.448 e. The molecule has 8 heteroatoms. The van der Waals surface area contributed by atoms with Crippen LogP contribution in [0, 0.1) is 12.8 Å². The van der Waals surface area contributed by atoms with E-state index in [0.717, 1.165) is 17.4 Å². The lowest BCUT2D eigenvalue weighted by Crippen LogP contribution is -2.23. The molecule has 3 heterocycles. The Bertz CT molecular complexity index is 1480. The Hall–Kier alpha value is -3.39. The number of thioether (sulfide) groups is 1. The summed E-state index contributed by atoms with van der Waals surface area (Å²) < 4.78 is 13.0. The molecule has 168 valence electrons. The van der Waals surface area contributed by atoms with Crippen LogP contribution in [0.1, 0.15) is 31.7 Å². The van der Waals surface area contributed by atoms with Gasteiger partial charge in [0.15, 0.2) is 5.16 Å². The van der Waals surface area contributed by atoms with Gasteiger partial charge >= 0.3 is 0 Å². The van der Waals surface area contributed by atoms with E-state index in [1.54, 1.807) is 4.57 Å². The summed E-state index contributed by atoms with van der Waals surface area (Å²) in [6, 6.07) is 15.6. The summed E-state index contributed by atoms with van der Waals surface area (Å²) in [5, 5.41) is 5.56. The normalized spacial score (nSPS) is 11.8. The number of furan rings is 1. The third-order valence-electron chi connectivity index (χ3n) is 5.48. The number of para-hydroxylation sites is 1. The van der Waals surface area contributed by atoms with Gasteiger partial charge in [-0.15, -0.1) is 0 Å². The topological polar surface area (TPSA) is 87.0 Å². The molecule has 5 rings (SSSR count). The van der Waals surface area contributed by atoms with Gasteiger partial charge in [0.05, 0.1) is 5.75 Å². The molecular formula is C25H24N4O3S. The number of fused-ring (bicyclic) bond motifs is 3. The van der Waals surface area contributed by atoms with Crippen LogP contribution in [0.2, 0.25) is 0 Å². The Kier molecular flexibility index (Phi) is 5.76. The van der Waals surface area contributed by atoms with E-state index in [2.05, 4.69) is 24.0 Å². The molecule has 0 fully saturated rings. The van der Waals surface area contributed by atoms with E-state index in [0.29, 0.717) is 51.8 Å². The van der Waals surface area contributed by atoms with Gasteiger partial charge in [-0.3, -0.25) is 9.36 Å². The highest BCUT2D eigenvalue weighted by atomic mass is 32.2. The maximum absolute atomic E-state index is 13.3. The van der Waals surface area contributed by atoms with Gasteiger partial charge in [-0.25, -0.2) is 4.98 Å². The number of aromatic nitrogens is 4. The number of nitrogens with zero attached hydrogens (tertiary/aromatic N) is 4. The van der Waals surface area contributed by atoms with Crippen LogP contribution in [0.25, 0.3) is 33.5 Å². The quantitative estimate of drug-likeness (QED) is 0.223. The molecule has 3 aromatic heterocycles. The second-order valence-electron chi connectivity index (χ2n) is 8.48. The Morgan fingerprint density at radius 2 is 1.85 bits per heavy atom. The van der Waals surface area contributed by atoms with Crippen LogP contribution < -0.4 is 5.56 Å². The highest BCUT2D eigenvalue weighted by Crippen LogP contribution is 2.29. The molecule has 0 amide bonds. The number of rotatable bonds is 7. The van der Waals surface area contributed by atoms with Crippen molar-refractivity contribution in [3.63, 3.8) is 0 Å². The summed E-state index contributed by atoms with van der Waals surface area (Å²) in [6.45, 7) is 6.87. The minimum absolute atomic E-state index is 0.162. The zero-order valence-corrected chi connectivity index (χ0v) is 19.6. The predicted molar refractivity (Wildman–Crippen MR) is 129 cm³/mol. The average molecular weight is 461 g/mol. The van der Waals surface area contributed by atoms with E-state index in [9.17, 15) is 4.79 Å². The second kappa shape index (κ2) is 8.86. The van der Waals surface area contributed by atoms with E-state index < -0.39 is 0 Å². The molecule has 0 saturated heterocycles. The first-order chi connectivity index (χ1) is 16.0.